The van der Waals surface area contributed by atoms with Gasteiger partial charge in [0.05, 0.1) is 0 Å². The van der Waals surface area contributed by atoms with Crippen molar-refractivity contribution < 1.29 is 13.6 Å². The fourth-order valence-electron chi connectivity index (χ4n) is 1.72. The zero-order valence-corrected chi connectivity index (χ0v) is 9.86. The summed E-state index contributed by atoms with van der Waals surface area (Å²) >= 11 is 0. The van der Waals surface area contributed by atoms with Crippen LogP contribution < -0.4 is 0 Å². The van der Waals surface area contributed by atoms with Crippen LogP contribution in [0.25, 0.3) is 11.1 Å². The van der Waals surface area contributed by atoms with Crippen LogP contribution in [0, 0.1) is 0 Å². The standard InChI is InChI=1S/C15H12F2O/c1-15(16,17)14(18)13-9-5-8-12(10-13)11-6-3-2-4-7-11/h2-10H,1H3. The topological polar surface area (TPSA) is 17.1 Å². The summed E-state index contributed by atoms with van der Waals surface area (Å²) in [5.74, 6) is -4.49. The van der Waals surface area contributed by atoms with E-state index < -0.39 is 11.7 Å². The monoisotopic (exact) mass is 246 g/mol. The van der Waals surface area contributed by atoms with Crippen LogP contribution in [-0.2, 0) is 0 Å². The number of Topliss-reactive ketones (excluding diaryl/α,β-unsaturated/α-hetero) is 1. The van der Waals surface area contributed by atoms with Crippen molar-refractivity contribution in [3.63, 3.8) is 0 Å². The summed E-state index contributed by atoms with van der Waals surface area (Å²) in [5.41, 5.74) is 1.68. The molecule has 0 aliphatic rings. The van der Waals surface area contributed by atoms with Crippen LogP contribution in [0.15, 0.2) is 54.6 Å². The van der Waals surface area contributed by atoms with Crippen molar-refractivity contribution in [3.8, 4) is 11.1 Å². The molecule has 0 fully saturated rings. The molecule has 2 aromatic carbocycles. The first-order valence-electron chi connectivity index (χ1n) is 5.56. The number of alkyl halides is 2. The van der Waals surface area contributed by atoms with E-state index in [2.05, 4.69) is 0 Å². The Morgan fingerprint density at radius 3 is 2.17 bits per heavy atom. The van der Waals surface area contributed by atoms with Gasteiger partial charge in [-0.05, 0) is 17.2 Å². The van der Waals surface area contributed by atoms with Gasteiger partial charge >= 0.3 is 5.92 Å². The molecule has 0 N–H and O–H groups in total. The molecule has 0 aliphatic heterocycles. The minimum absolute atomic E-state index is 0.0313. The van der Waals surface area contributed by atoms with Gasteiger partial charge in [0.1, 0.15) is 0 Å². The van der Waals surface area contributed by atoms with Crippen LogP contribution in [0.2, 0.25) is 0 Å². The number of hydrogen-bond donors (Lipinski definition) is 0. The van der Waals surface area contributed by atoms with Gasteiger partial charge in [0.2, 0.25) is 5.78 Å². The van der Waals surface area contributed by atoms with Crippen LogP contribution in [0.3, 0.4) is 0 Å². The molecule has 0 aromatic heterocycles. The molecule has 0 heterocycles. The Labute approximate surface area is 104 Å². The zero-order valence-electron chi connectivity index (χ0n) is 9.86. The van der Waals surface area contributed by atoms with Crippen molar-refractivity contribution in [2.45, 2.75) is 12.8 Å². The van der Waals surface area contributed by atoms with Gasteiger partial charge in [0.15, 0.2) is 0 Å². The third kappa shape index (κ3) is 2.62. The summed E-state index contributed by atoms with van der Waals surface area (Å²) in [6.45, 7) is 0.616. The lowest BCUT2D eigenvalue weighted by Gasteiger charge is -2.10. The van der Waals surface area contributed by atoms with Gasteiger partial charge < -0.3 is 0 Å². The van der Waals surface area contributed by atoms with E-state index in [-0.39, 0.29) is 5.56 Å². The molecule has 0 spiro atoms. The van der Waals surface area contributed by atoms with Crippen molar-refractivity contribution in [2.75, 3.05) is 0 Å². The second kappa shape index (κ2) is 4.69. The van der Waals surface area contributed by atoms with E-state index >= 15 is 0 Å². The molecule has 1 nitrogen and oxygen atoms in total. The van der Waals surface area contributed by atoms with Crippen molar-refractivity contribution in [1.29, 1.82) is 0 Å². The highest BCUT2D eigenvalue weighted by Gasteiger charge is 2.33. The van der Waals surface area contributed by atoms with E-state index in [0.29, 0.717) is 6.92 Å². The average Bonchev–Trinajstić information content (AvgIpc) is 2.38. The van der Waals surface area contributed by atoms with Crippen molar-refractivity contribution in [1.82, 2.24) is 0 Å². The van der Waals surface area contributed by atoms with E-state index in [1.807, 2.05) is 30.3 Å². The molecule has 0 saturated heterocycles. The second-order valence-electron chi connectivity index (χ2n) is 4.16. The lowest BCUT2D eigenvalue weighted by Crippen LogP contribution is -2.24. The molecule has 0 radical (unpaired) electrons. The quantitative estimate of drug-likeness (QED) is 0.742. The number of hydrogen-bond acceptors (Lipinski definition) is 1. The first-order chi connectivity index (χ1) is 8.48. The molecule has 2 rings (SSSR count). The molecule has 2 aromatic rings. The molecule has 18 heavy (non-hydrogen) atoms. The SMILES string of the molecule is CC(F)(F)C(=O)c1cccc(-c2ccccc2)c1. The number of benzene rings is 2. The molecule has 0 saturated carbocycles. The van der Waals surface area contributed by atoms with Gasteiger partial charge in [-0.3, -0.25) is 4.79 Å². The van der Waals surface area contributed by atoms with Gasteiger partial charge in [-0.1, -0.05) is 48.5 Å². The Morgan fingerprint density at radius 2 is 1.56 bits per heavy atom. The lowest BCUT2D eigenvalue weighted by atomic mass is 9.99. The molecule has 0 bridgehead atoms. The minimum atomic E-state index is -3.34. The van der Waals surface area contributed by atoms with Crippen LogP contribution in [0.4, 0.5) is 8.78 Å². The summed E-state index contributed by atoms with van der Waals surface area (Å²) in [7, 11) is 0. The Bertz CT molecular complexity index is 556. The van der Waals surface area contributed by atoms with Crippen LogP contribution in [0.1, 0.15) is 17.3 Å². The Morgan fingerprint density at radius 1 is 0.944 bits per heavy atom. The largest absolute Gasteiger partial charge is 0.307 e. The predicted octanol–water partition coefficient (Wildman–Crippen LogP) is 4.19. The van der Waals surface area contributed by atoms with Gasteiger partial charge in [0.25, 0.3) is 0 Å². The van der Waals surface area contributed by atoms with E-state index in [9.17, 15) is 13.6 Å². The average molecular weight is 246 g/mol. The molecule has 0 unspecified atom stereocenters. The van der Waals surface area contributed by atoms with Crippen LogP contribution >= 0.6 is 0 Å². The highest BCUT2D eigenvalue weighted by molar-refractivity contribution is 6.01. The van der Waals surface area contributed by atoms with E-state index in [0.717, 1.165) is 11.1 Å². The molecule has 0 aliphatic carbocycles. The Kier molecular flexibility index (Phi) is 3.24. The van der Waals surface area contributed by atoms with Gasteiger partial charge in [-0.2, -0.15) is 8.78 Å². The second-order valence-corrected chi connectivity index (χ2v) is 4.16. The number of rotatable bonds is 3. The number of carbonyl (C=O) groups excluding carboxylic acids is 1. The summed E-state index contributed by atoms with van der Waals surface area (Å²) < 4.78 is 26.0. The van der Waals surface area contributed by atoms with Crippen LogP contribution in [-0.4, -0.2) is 11.7 Å². The summed E-state index contributed by atoms with van der Waals surface area (Å²) in [6, 6.07) is 15.6. The predicted molar refractivity (Wildman–Crippen MR) is 66.8 cm³/mol. The van der Waals surface area contributed by atoms with Crippen molar-refractivity contribution >= 4 is 5.78 Å². The van der Waals surface area contributed by atoms with Crippen molar-refractivity contribution in [3.05, 3.63) is 60.2 Å². The summed E-state index contributed by atoms with van der Waals surface area (Å²) in [4.78, 5) is 11.5. The maximum absolute atomic E-state index is 13.0. The highest BCUT2D eigenvalue weighted by atomic mass is 19.3. The summed E-state index contributed by atoms with van der Waals surface area (Å²) in [6.07, 6.45) is 0. The molecule has 0 atom stereocenters. The highest BCUT2D eigenvalue weighted by Crippen LogP contribution is 2.24. The zero-order chi connectivity index (χ0) is 13.2. The van der Waals surface area contributed by atoms with Crippen molar-refractivity contribution in [2.24, 2.45) is 0 Å². The Hall–Kier alpha value is -2.03. The first-order valence-corrected chi connectivity index (χ1v) is 5.56. The van der Waals surface area contributed by atoms with Gasteiger partial charge in [-0.25, -0.2) is 0 Å². The third-order valence-corrected chi connectivity index (χ3v) is 2.63. The molecular formula is C15H12F2O. The van der Waals surface area contributed by atoms with E-state index in [1.54, 1.807) is 12.1 Å². The lowest BCUT2D eigenvalue weighted by molar-refractivity contribution is 0.0221. The normalized spacial score (nSPS) is 11.3. The first kappa shape index (κ1) is 12.4. The van der Waals surface area contributed by atoms with Crippen LogP contribution in [0.5, 0.6) is 0 Å². The molecule has 0 amide bonds. The van der Waals surface area contributed by atoms with E-state index in [1.165, 1.54) is 12.1 Å². The number of halogens is 2. The van der Waals surface area contributed by atoms with Gasteiger partial charge in [0, 0.05) is 12.5 Å². The van der Waals surface area contributed by atoms with E-state index in [4.69, 9.17) is 0 Å². The third-order valence-electron chi connectivity index (χ3n) is 2.63. The number of carbonyl (C=O) groups is 1. The molecule has 3 heteroatoms. The minimum Gasteiger partial charge on any atom is -0.287 e. The fraction of sp³-hybridized carbons (Fsp3) is 0.133. The smallest absolute Gasteiger partial charge is 0.287 e. The maximum atomic E-state index is 13.0. The molecule has 92 valence electrons. The molecular weight excluding hydrogens is 234 g/mol. The maximum Gasteiger partial charge on any atom is 0.307 e. The Balaban J connectivity index is 2.41. The summed E-state index contributed by atoms with van der Waals surface area (Å²) in [5, 5.41) is 0. The van der Waals surface area contributed by atoms with Gasteiger partial charge in [-0.15, -0.1) is 0 Å². The fourth-order valence-corrected chi connectivity index (χ4v) is 1.72. The number of ketones is 1.